The van der Waals surface area contributed by atoms with E-state index in [9.17, 15) is 9.59 Å². The first-order chi connectivity index (χ1) is 16.3. The van der Waals surface area contributed by atoms with Crippen LogP contribution in [0.25, 0.3) is 33.2 Å². The fourth-order valence-corrected chi connectivity index (χ4v) is 4.50. The number of pyridine rings is 2. The van der Waals surface area contributed by atoms with Crippen molar-refractivity contribution in [1.29, 1.82) is 5.41 Å². The molecule has 0 aromatic carbocycles. The highest BCUT2D eigenvalue weighted by Crippen LogP contribution is 2.29. The van der Waals surface area contributed by atoms with Crippen molar-refractivity contribution in [3.8, 4) is 11.3 Å². The first kappa shape index (κ1) is 21.7. The van der Waals surface area contributed by atoms with Crippen LogP contribution in [0.2, 0.25) is 0 Å². The van der Waals surface area contributed by atoms with Gasteiger partial charge < -0.3 is 10.6 Å². The van der Waals surface area contributed by atoms with E-state index in [4.69, 9.17) is 16.1 Å². The van der Waals surface area contributed by atoms with Gasteiger partial charge in [-0.1, -0.05) is 13.8 Å². The van der Waals surface area contributed by atoms with Gasteiger partial charge in [0.25, 0.3) is 5.56 Å². The summed E-state index contributed by atoms with van der Waals surface area (Å²) in [7, 11) is 0. The minimum absolute atomic E-state index is 0.140. The van der Waals surface area contributed by atoms with Gasteiger partial charge in [0.1, 0.15) is 5.52 Å². The molecule has 34 heavy (non-hydrogen) atoms. The smallest absolute Gasteiger partial charge is 0.329 e. The van der Waals surface area contributed by atoms with E-state index >= 15 is 0 Å². The number of likely N-dealkylation sites (tertiary alicyclic amines) is 1. The zero-order valence-electron chi connectivity index (χ0n) is 18.9. The van der Waals surface area contributed by atoms with Crippen LogP contribution in [0.1, 0.15) is 32.7 Å². The fraction of sp³-hybridized carbons (Fsp3) is 0.348. The topological polar surface area (TPSA) is 160 Å². The quantitative estimate of drug-likeness (QED) is 0.238. The molecule has 5 heterocycles. The van der Waals surface area contributed by atoms with Crippen molar-refractivity contribution < 1.29 is 0 Å². The highest BCUT2D eigenvalue weighted by molar-refractivity contribution is 6.01. The lowest BCUT2D eigenvalue weighted by Crippen LogP contribution is -2.43. The summed E-state index contributed by atoms with van der Waals surface area (Å²) in [6.45, 7) is 5.34. The second-order valence-electron chi connectivity index (χ2n) is 8.80. The van der Waals surface area contributed by atoms with Gasteiger partial charge in [-0.15, -0.1) is 0 Å². The number of nitrogens with zero attached hydrogens (tertiary/aromatic N) is 6. The van der Waals surface area contributed by atoms with Crippen LogP contribution in [-0.4, -0.2) is 53.3 Å². The zero-order valence-corrected chi connectivity index (χ0v) is 18.9. The van der Waals surface area contributed by atoms with Gasteiger partial charge in [-0.25, -0.2) is 19.7 Å². The Morgan fingerprint density at radius 3 is 2.50 bits per heavy atom. The summed E-state index contributed by atoms with van der Waals surface area (Å²) in [6, 6.07) is 3.46. The fourth-order valence-electron chi connectivity index (χ4n) is 4.50. The molecule has 1 aliphatic rings. The monoisotopic (exact) mass is 459 g/mol. The molecule has 174 valence electrons. The largest absolute Gasteiger partial charge is 0.368 e. The van der Waals surface area contributed by atoms with E-state index in [0.717, 1.165) is 0 Å². The van der Waals surface area contributed by atoms with E-state index in [2.05, 4.69) is 24.8 Å². The van der Waals surface area contributed by atoms with Crippen molar-refractivity contribution in [2.75, 3.05) is 18.8 Å². The summed E-state index contributed by atoms with van der Waals surface area (Å²) < 4.78 is 1.65. The summed E-state index contributed by atoms with van der Waals surface area (Å²) in [5.74, 6) is 0.904. The third kappa shape index (κ3) is 3.68. The van der Waals surface area contributed by atoms with E-state index in [1.165, 1.54) is 6.20 Å². The SMILES string of the molecule is CC(C)C(=N)N1CCC(n2c(=O)[nH]c(=O)c3cnc4ccc(-c5cnc(N)nc5)nc4c32)CC1. The number of rotatable bonds is 3. The number of amidine groups is 1. The maximum Gasteiger partial charge on any atom is 0.329 e. The molecule has 0 unspecified atom stereocenters. The third-order valence-electron chi connectivity index (χ3n) is 6.30. The molecule has 4 N–H and O–H groups in total. The Balaban J connectivity index is 1.66. The number of fused-ring (bicyclic) bond motifs is 3. The molecule has 0 radical (unpaired) electrons. The highest BCUT2D eigenvalue weighted by atomic mass is 16.2. The van der Waals surface area contributed by atoms with Crippen molar-refractivity contribution in [1.82, 2.24) is 34.4 Å². The lowest BCUT2D eigenvalue weighted by Gasteiger charge is -2.35. The zero-order chi connectivity index (χ0) is 24.0. The Morgan fingerprint density at radius 1 is 1.12 bits per heavy atom. The first-order valence-corrected chi connectivity index (χ1v) is 11.2. The van der Waals surface area contributed by atoms with Gasteiger partial charge >= 0.3 is 5.69 Å². The molecule has 0 atom stereocenters. The molecule has 0 saturated carbocycles. The number of nitrogen functional groups attached to an aromatic ring is 1. The van der Waals surface area contributed by atoms with Crippen LogP contribution in [0.3, 0.4) is 0 Å². The predicted molar refractivity (Wildman–Crippen MR) is 130 cm³/mol. The molecule has 11 nitrogen and oxygen atoms in total. The number of aromatic nitrogens is 6. The van der Waals surface area contributed by atoms with Gasteiger partial charge in [-0.2, -0.15) is 0 Å². The number of nitrogens with one attached hydrogen (secondary N) is 2. The molecule has 1 aliphatic heterocycles. The molecule has 11 heteroatoms. The van der Waals surface area contributed by atoms with Gasteiger partial charge in [0, 0.05) is 49.2 Å². The van der Waals surface area contributed by atoms with Gasteiger partial charge in [0.15, 0.2) is 0 Å². The first-order valence-electron chi connectivity index (χ1n) is 11.2. The van der Waals surface area contributed by atoms with E-state index in [-0.39, 0.29) is 17.9 Å². The molecule has 0 bridgehead atoms. The molecule has 4 aromatic heterocycles. The van der Waals surface area contributed by atoms with Crippen LogP contribution >= 0.6 is 0 Å². The molecular weight excluding hydrogens is 434 g/mol. The van der Waals surface area contributed by atoms with Crippen LogP contribution in [0.5, 0.6) is 0 Å². The van der Waals surface area contributed by atoms with Gasteiger partial charge in [0.05, 0.1) is 27.9 Å². The molecule has 1 saturated heterocycles. The lowest BCUT2D eigenvalue weighted by molar-refractivity contribution is 0.257. The molecule has 0 amide bonds. The number of aromatic amines is 1. The number of piperidine rings is 1. The van der Waals surface area contributed by atoms with Crippen molar-refractivity contribution in [2.24, 2.45) is 5.92 Å². The third-order valence-corrected chi connectivity index (χ3v) is 6.30. The van der Waals surface area contributed by atoms with Gasteiger partial charge in [-0.3, -0.25) is 24.7 Å². The van der Waals surface area contributed by atoms with Crippen LogP contribution in [-0.2, 0) is 0 Å². The van der Waals surface area contributed by atoms with E-state index in [0.29, 0.717) is 65.0 Å². The molecule has 5 rings (SSSR count). The summed E-state index contributed by atoms with van der Waals surface area (Å²) in [6.07, 6.45) is 5.99. The molecular formula is C23H25N9O2. The van der Waals surface area contributed by atoms with E-state index in [1.54, 1.807) is 29.1 Å². The van der Waals surface area contributed by atoms with Crippen molar-refractivity contribution >= 4 is 33.7 Å². The standard InChI is InChI=1S/C23H25N9O2/c1-12(2)20(24)31-7-5-14(6-8-31)32-19-15(21(33)30-23(32)34)11-26-17-4-3-16(29-18(17)19)13-9-27-22(25)28-10-13/h3-4,9-12,14,24H,5-8H2,1-2H3,(H2,25,27,28)(H,30,33,34). The number of H-pyrrole nitrogens is 1. The molecule has 0 aliphatic carbocycles. The Kier molecular flexibility index (Phi) is 5.31. The number of nitrogens with two attached hydrogens (primary N) is 1. The summed E-state index contributed by atoms with van der Waals surface area (Å²) in [5, 5.41) is 8.62. The van der Waals surface area contributed by atoms with Crippen molar-refractivity contribution in [2.45, 2.75) is 32.7 Å². The Labute approximate surface area is 194 Å². The molecule has 4 aromatic rings. The van der Waals surface area contributed by atoms with Gasteiger partial charge in [0.2, 0.25) is 5.95 Å². The number of hydrogen-bond donors (Lipinski definition) is 3. The van der Waals surface area contributed by atoms with Crippen molar-refractivity contribution in [3.63, 3.8) is 0 Å². The minimum atomic E-state index is -0.493. The van der Waals surface area contributed by atoms with Crippen LogP contribution in [0, 0.1) is 11.3 Å². The lowest BCUT2D eigenvalue weighted by atomic mass is 10.0. The number of anilines is 1. The van der Waals surface area contributed by atoms with Crippen molar-refractivity contribution in [3.05, 3.63) is 51.6 Å². The highest BCUT2D eigenvalue weighted by Gasteiger charge is 2.26. The predicted octanol–water partition coefficient (Wildman–Crippen LogP) is 1.94. The average molecular weight is 460 g/mol. The molecule has 1 fully saturated rings. The summed E-state index contributed by atoms with van der Waals surface area (Å²) >= 11 is 0. The minimum Gasteiger partial charge on any atom is -0.368 e. The van der Waals surface area contributed by atoms with Gasteiger partial charge in [-0.05, 0) is 25.0 Å². The molecule has 0 spiro atoms. The normalized spacial score (nSPS) is 14.9. The van der Waals surface area contributed by atoms with E-state index in [1.807, 2.05) is 13.8 Å². The Bertz CT molecular complexity index is 1510. The second-order valence-corrected chi connectivity index (χ2v) is 8.80. The van der Waals surface area contributed by atoms with Crippen LogP contribution < -0.4 is 17.0 Å². The maximum absolute atomic E-state index is 13.1. The Morgan fingerprint density at radius 2 is 1.82 bits per heavy atom. The Hall–Kier alpha value is -4.15. The summed E-state index contributed by atoms with van der Waals surface area (Å²) in [4.78, 5) is 47.5. The maximum atomic E-state index is 13.1. The van der Waals surface area contributed by atoms with Crippen LogP contribution in [0.15, 0.2) is 40.3 Å². The summed E-state index contributed by atoms with van der Waals surface area (Å²) in [5.41, 5.74) is 7.40. The van der Waals surface area contributed by atoms with E-state index < -0.39 is 11.2 Å². The van der Waals surface area contributed by atoms with Crippen LogP contribution in [0.4, 0.5) is 5.95 Å². The average Bonchev–Trinajstić information content (AvgIpc) is 2.84. The number of hydrogen-bond acceptors (Lipinski definition) is 8. The second kappa shape index (κ2) is 8.32.